The van der Waals surface area contributed by atoms with Gasteiger partial charge in [-0.3, -0.25) is 14.2 Å². The highest BCUT2D eigenvalue weighted by Gasteiger charge is 2.08. The molecule has 0 atom stereocenters. The molecule has 9 heteroatoms. The maximum absolute atomic E-state index is 11.9. The van der Waals surface area contributed by atoms with Crippen LogP contribution in [0.3, 0.4) is 0 Å². The minimum atomic E-state index is -0.693. The lowest BCUT2D eigenvalue weighted by Gasteiger charge is -2.10. The van der Waals surface area contributed by atoms with Gasteiger partial charge in [0.15, 0.2) is 0 Å². The number of hydrogen-bond acceptors (Lipinski definition) is 4. The predicted octanol–water partition coefficient (Wildman–Crippen LogP) is -0.535. The minimum Gasteiger partial charge on any atom is -0.412 e. The van der Waals surface area contributed by atoms with E-state index in [-0.39, 0.29) is 31.0 Å². The molecule has 4 N–H and O–H groups in total. The molecule has 0 saturated heterocycles. The second-order valence-corrected chi connectivity index (χ2v) is 4.31. The molecule has 0 amide bonds. The van der Waals surface area contributed by atoms with Crippen molar-refractivity contribution < 1.29 is 10.6 Å². The van der Waals surface area contributed by atoms with Crippen molar-refractivity contribution in [3.63, 3.8) is 0 Å². The van der Waals surface area contributed by atoms with Crippen molar-refractivity contribution in [3.8, 4) is 5.69 Å². The summed E-state index contributed by atoms with van der Waals surface area (Å²) in [7, 11) is 0. The first-order chi connectivity index (χ1) is 9.70. The summed E-state index contributed by atoms with van der Waals surface area (Å²) in [6, 6.07) is 5.30. The molecule has 8 nitrogen and oxygen atoms in total. The van der Waals surface area contributed by atoms with Gasteiger partial charge in [-0.15, -0.1) is 12.4 Å². The zero-order valence-corrected chi connectivity index (χ0v) is 12.2. The Morgan fingerprint density at radius 3 is 2.68 bits per heavy atom. The van der Waals surface area contributed by atoms with Gasteiger partial charge in [-0.1, -0.05) is 0 Å². The van der Waals surface area contributed by atoms with Crippen molar-refractivity contribution in [1.29, 1.82) is 0 Å². The molecule has 3 rings (SSSR count). The average Bonchev–Trinajstić information content (AvgIpc) is 2.98. The van der Waals surface area contributed by atoms with E-state index < -0.39 is 11.1 Å². The van der Waals surface area contributed by atoms with Crippen LogP contribution in [-0.4, -0.2) is 36.3 Å². The number of hydrogen-bond donors (Lipinski definition) is 2. The number of nitrogens with one attached hydrogen (secondary N) is 1. The van der Waals surface area contributed by atoms with Crippen LogP contribution in [0.4, 0.5) is 0 Å². The van der Waals surface area contributed by atoms with Crippen molar-refractivity contribution >= 4 is 23.4 Å². The lowest BCUT2D eigenvalue weighted by Crippen LogP contribution is -2.37. The Kier molecular flexibility index (Phi) is 5.63. The molecule has 22 heavy (non-hydrogen) atoms. The van der Waals surface area contributed by atoms with Crippen LogP contribution in [-0.2, 0) is 6.54 Å². The van der Waals surface area contributed by atoms with Crippen molar-refractivity contribution in [1.82, 2.24) is 19.1 Å². The lowest BCUT2D eigenvalue weighted by atomic mass is 10.2. The number of aromatic nitrogens is 4. The van der Waals surface area contributed by atoms with Gasteiger partial charge in [0.1, 0.15) is 0 Å². The van der Waals surface area contributed by atoms with E-state index in [1.165, 1.54) is 4.57 Å². The second kappa shape index (κ2) is 7.03. The topological polar surface area (TPSA) is 124 Å². The maximum atomic E-state index is 11.9. The fourth-order valence-corrected chi connectivity index (χ4v) is 2.15. The largest absolute Gasteiger partial charge is 0.412 e. The zero-order chi connectivity index (χ0) is 14.1. The monoisotopic (exact) mass is 326 g/mol. The summed E-state index contributed by atoms with van der Waals surface area (Å²) in [4.78, 5) is 29.9. The Morgan fingerprint density at radius 2 is 2.05 bits per heavy atom. The third-order valence-electron chi connectivity index (χ3n) is 3.09. The maximum Gasteiger partial charge on any atom is 0.316 e. The van der Waals surface area contributed by atoms with Crippen molar-refractivity contribution in [2.75, 3.05) is 6.61 Å². The van der Waals surface area contributed by atoms with E-state index in [4.69, 9.17) is 5.11 Å². The first-order valence-electron chi connectivity index (χ1n) is 6.07. The Labute approximate surface area is 130 Å². The number of nitrogens with zero attached hydrogens (tertiary/aromatic N) is 3. The molecule has 0 unspecified atom stereocenters. The summed E-state index contributed by atoms with van der Waals surface area (Å²) in [6.45, 7) is -0.138. The molecule has 0 aliphatic carbocycles. The number of rotatable bonds is 3. The number of fused-ring (bicyclic) bond motifs is 1. The van der Waals surface area contributed by atoms with E-state index in [0.717, 1.165) is 5.69 Å². The molecule has 2 aromatic heterocycles. The van der Waals surface area contributed by atoms with Crippen LogP contribution >= 0.6 is 12.4 Å². The summed E-state index contributed by atoms with van der Waals surface area (Å²) < 4.78 is 3.06. The summed E-state index contributed by atoms with van der Waals surface area (Å²) in [5.74, 6) is 0. The zero-order valence-electron chi connectivity index (χ0n) is 11.4. The summed E-state index contributed by atoms with van der Waals surface area (Å²) >= 11 is 0. The highest BCUT2D eigenvalue weighted by atomic mass is 35.5. The molecule has 0 saturated carbocycles. The van der Waals surface area contributed by atoms with E-state index in [2.05, 4.69) is 9.97 Å². The van der Waals surface area contributed by atoms with Gasteiger partial charge < -0.3 is 20.1 Å². The highest BCUT2D eigenvalue weighted by Crippen LogP contribution is 2.14. The van der Waals surface area contributed by atoms with E-state index in [1.54, 1.807) is 35.4 Å². The number of benzene rings is 1. The molecule has 2 heterocycles. The van der Waals surface area contributed by atoms with Crippen molar-refractivity contribution in [3.05, 3.63) is 57.6 Å². The molecule has 0 aliphatic rings. The molecule has 0 radical (unpaired) electrons. The van der Waals surface area contributed by atoms with Gasteiger partial charge in [-0.05, 0) is 18.2 Å². The SMILES string of the molecule is Cl.O.O=c1[nH]c2ccc(-n3ccnc3)cc2n(CCO)c1=O. The quantitative estimate of drug-likeness (QED) is 0.627. The van der Waals surface area contributed by atoms with Crippen LogP contribution in [0.2, 0.25) is 0 Å². The summed E-state index contributed by atoms with van der Waals surface area (Å²) in [5, 5.41) is 9.06. The predicted molar refractivity (Wildman–Crippen MR) is 83.9 cm³/mol. The fourth-order valence-electron chi connectivity index (χ4n) is 2.15. The highest BCUT2D eigenvalue weighted by molar-refractivity contribution is 5.85. The molecule has 0 spiro atoms. The van der Waals surface area contributed by atoms with Crippen LogP contribution in [0.15, 0.2) is 46.5 Å². The molecular formula is C13H15ClN4O4. The smallest absolute Gasteiger partial charge is 0.316 e. The average molecular weight is 327 g/mol. The normalized spacial score (nSPS) is 10.0. The molecule has 1 aromatic carbocycles. The molecule has 0 fully saturated rings. The van der Waals surface area contributed by atoms with Crippen molar-refractivity contribution in [2.24, 2.45) is 0 Å². The van der Waals surface area contributed by atoms with Gasteiger partial charge in [0, 0.05) is 24.6 Å². The third kappa shape index (κ3) is 2.93. The number of aliphatic hydroxyl groups is 1. The Balaban J connectivity index is 0.00000121. The van der Waals surface area contributed by atoms with Crippen LogP contribution in [0.25, 0.3) is 16.7 Å². The number of imidazole rings is 1. The van der Waals surface area contributed by atoms with E-state index in [9.17, 15) is 9.59 Å². The Morgan fingerprint density at radius 1 is 1.27 bits per heavy atom. The molecule has 0 bridgehead atoms. The summed E-state index contributed by atoms with van der Waals surface area (Å²) in [5.41, 5.74) is 0.561. The van der Waals surface area contributed by atoms with Gasteiger partial charge in [-0.25, -0.2) is 4.98 Å². The number of aliphatic hydroxyl groups excluding tert-OH is 1. The van der Waals surface area contributed by atoms with Crippen molar-refractivity contribution in [2.45, 2.75) is 6.54 Å². The number of halogens is 1. The molecular weight excluding hydrogens is 312 g/mol. The minimum absolute atomic E-state index is 0. The standard InChI is InChI=1S/C13H12N4O3.ClH.H2O/c18-6-5-17-11-7-9(16-4-3-14-8-16)1-2-10(11)15-12(19)13(17)20;;/h1-4,7-8,18H,5-6H2,(H,15,19);1H;1H2. The van der Waals surface area contributed by atoms with E-state index in [1.807, 2.05) is 6.07 Å². The van der Waals surface area contributed by atoms with Gasteiger partial charge in [-0.2, -0.15) is 0 Å². The molecule has 3 aromatic rings. The Hall–Kier alpha value is -2.42. The summed E-state index contributed by atoms with van der Waals surface area (Å²) in [6.07, 6.45) is 5.07. The first-order valence-corrected chi connectivity index (χ1v) is 6.07. The van der Waals surface area contributed by atoms with Crippen LogP contribution < -0.4 is 11.1 Å². The van der Waals surface area contributed by atoms with Crippen LogP contribution in [0.5, 0.6) is 0 Å². The van der Waals surface area contributed by atoms with E-state index in [0.29, 0.717) is 11.0 Å². The van der Waals surface area contributed by atoms with Crippen LogP contribution in [0.1, 0.15) is 0 Å². The van der Waals surface area contributed by atoms with Gasteiger partial charge in [0.2, 0.25) is 0 Å². The fraction of sp³-hybridized carbons (Fsp3) is 0.154. The number of aromatic amines is 1. The third-order valence-corrected chi connectivity index (χ3v) is 3.09. The van der Waals surface area contributed by atoms with Gasteiger partial charge in [0.25, 0.3) is 0 Å². The molecule has 0 aliphatic heterocycles. The second-order valence-electron chi connectivity index (χ2n) is 4.31. The Bertz CT molecular complexity index is 870. The number of H-pyrrole nitrogens is 1. The van der Waals surface area contributed by atoms with Crippen LogP contribution in [0, 0.1) is 0 Å². The lowest BCUT2D eigenvalue weighted by molar-refractivity contribution is 0.276. The molecule has 118 valence electrons. The van der Waals surface area contributed by atoms with E-state index >= 15 is 0 Å². The first kappa shape index (κ1) is 17.6. The van der Waals surface area contributed by atoms with Gasteiger partial charge in [0.05, 0.1) is 24.0 Å². The van der Waals surface area contributed by atoms with Gasteiger partial charge >= 0.3 is 11.1 Å².